The van der Waals surface area contributed by atoms with Gasteiger partial charge in [0.15, 0.2) is 5.13 Å². The van der Waals surface area contributed by atoms with Crippen LogP contribution in [0.2, 0.25) is 5.02 Å². The molecule has 3 saturated heterocycles. The second kappa shape index (κ2) is 10.3. The molecule has 4 aliphatic heterocycles. The average molecular weight is 628 g/mol. The van der Waals surface area contributed by atoms with Crippen molar-refractivity contribution in [1.29, 1.82) is 0 Å². The molecule has 13 heteroatoms. The number of nitrogen functional groups attached to an aromatic ring is 1. The topological polar surface area (TPSA) is 113 Å². The van der Waals surface area contributed by atoms with Crippen LogP contribution in [0.4, 0.5) is 15.3 Å². The number of fused-ring (bicyclic) bond motifs is 3. The van der Waals surface area contributed by atoms with Crippen molar-refractivity contribution < 1.29 is 9.50 Å². The highest BCUT2D eigenvalue weighted by Crippen LogP contribution is 2.50. The summed E-state index contributed by atoms with van der Waals surface area (Å²) in [6.07, 6.45) is 3.51. The van der Waals surface area contributed by atoms with E-state index in [4.69, 9.17) is 22.3 Å². The third kappa shape index (κ3) is 4.41. The number of aromatic nitrogens is 3. The molecule has 9 nitrogen and oxygen atoms in total. The molecule has 6 heterocycles. The molecule has 42 heavy (non-hydrogen) atoms. The van der Waals surface area contributed by atoms with Crippen molar-refractivity contribution in [2.75, 3.05) is 49.1 Å². The van der Waals surface area contributed by atoms with Gasteiger partial charge >= 0.3 is 5.69 Å². The number of nitrogens with one attached hydrogen (secondary N) is 1. The highest BCUT2D eigenvalue weighted by Gasteiger charge is 2.36. The van der Waals surface area contributed by atoms with Crippen LogP contribution in [-0.2, 0) is 0 Å². The normalized spacial score (nSPS) is 25.7. The number of likely N-dealkylation sites (tertiary alicyclic amines) is 1. The number of benzene rings is 2. The van der Waals surface area contributed by atoms with E-state index in [1.54, 1.807) is 17.8 Å². The summed E-state index contributed by atoms with van der Waals surface area (Å²) in [6.45, 7) is 3.91. The fourth-order valence-corrected chi connectivity index (χ4v) is 9.78. The van der Waals surface area contributed by atoms with E-state index in [9.17, 15) is 14.3 Å². The highest BCUT2D eigenvalue weighted by molar-refractivity contribution is 7.99. The fraction of sp³-hybridized carbons (Fsp3) is 0.483. The molecule has 0 amide bonds. The summed E-state index contributed by atoms with van der Waals surface area (Å²) in [7, 11) is 0. The van der Waals surface area contributed by atoms with E-state index in [1.165, 1.54) is 6.07 Å². The summed E-state index contributed by atoms with van der Waals surface area (Å²) in [5.41, 5.74) is 8.53. The van der Waals surface area contributed by atoms with Crippen molar-refractivity contribution in [3.05, 3.63) is 39.5 Å². The number of hydrogen-bond donors (Lipinski definition) is 3. The lowest BCUT2D eigenvalue weighted by molar-refractivity contribution is 0.174. The van der Waals surface area contributed by atoms with Gasteiger partial charge in [0, 0.05) is 78.0 Å². The van der Waals surface area contributed by atoms with Crippen LogP contribution in [0.5, 0.6) is 0 Å². The summed E-state index contributed by atoms with van der Waals surface area (Å²) >= 11 is 9.93. The van der Waals surface area contributed by atoms with Crippen molar-refractivity contribution in [2.24, 2.45) is 0 Å². The minimum Gasteiger partial charge on any atom is -0.392 e. The van der Waals surface area contributed by atoms with Crippen LogP contribution < -0.4 is 21.6 Å². The maximum absolute atomic E-state index is 14.8. The molecule has 2 aromatic carbocycles. The van der Waals surface area contributed by atoms with Crippen molar-refractivity contribution in [2.45, 2.75) is 54.8 Å². The van der Waals surface area contributed by atoms with Gasteiger partial charge in [0.05, 0.1) is 26.9 Å². The van der Waals surface area contributed by atoms with Crippen LogP contribution >= 0.6 is 34.7 Å². The number of rotatable bonds is 5. The van der Waals surface area contributed by atoms with Crippen molar-refractivity contribution in [3.63, 3.8) is 0 Å². The van der Waals surface area contributed by atoms with Gasteiger partial charge in [0.1, 0.15) is 11.6 Å². The molecule has 0 aliphatic carbocycles. The molecule has 4 aliphatic rings. The van der Waals surface area contributed by atoms with E-state index in [2.05, 4.69) is 20.1 Å². The first kappa shape index (κ1) is 27.1. The minimum absolute atomic E-state index is 0.0619. The zero-order valence-corrected chi connectivity index (χ0v) is 25.2. The quantitative estimate of drug-likeness (QED) is 0.301. The summed E-state index contributed by atoms with van der Waals surface area (Å²) in [5.74, 6) is 0.990. The van der Waals surface area contributed by atoms with Crippen LogP contribution in [0.15, 0.2) is 27.9 Å². The van der Waals surface area contributed by atoms with Crippen LogP contribution in [-0.4, -0.2) is 81.2 Å². The number of aliphatic hydroxyl groups is 1. The number of halogens is 2. The maximum Gasteiger partial charge on any atom is 0.350 e. The molecule has 3 fully saturated rings. The number of thiazole rings is 1. The molecule has 0 saturated carbocycles. The Morgan fingerprint density at radius 2 is 1.98 bits per heavy atom. The predicted octanol–water partition coefficient (Wildman–Crippen LogP) is 4.09. The Morgan fingerprint density at radius 3 is 2.74 bits per heavy atom. The molecule has 3 unspecified atom stereocenters. The summed E-state index contributed by atoms with van der Waals surface area (Å²) in [4.78, 5) is 28.6. The van der Waals surface area contributed by atoms with Gasteiger partial charge in [0.2, 0.25) is 0 Å². The minimum atomic E-state index is -0.370. The van der Waals surface area contributed by atoms with E-state index in [1.807, 2.05) is 10.6 Å². The second-order valence-corrected chi connectivity index (χ2v) is 14.4. The third-order valence-electron chi connectivity index (χ3n) is 9.21. The zero-order chi connectivity index (χ0) is 28.7. The fourth-order valence-electron chi connectivity index (χ4n) is 7.27. The van der Waals surface area contributed by atoms with Crippen LogP contribution in [0, 0.1) is 5.82 Å². The largest absolute Gasteiger partial charge is 0.392 e. The van der Waals surface area contributed by atoms with Crippen molar-refractivity contribution in [1.82, 2.24) is 24.8 Å². The van der Waals surface area contributed by atoms with Gasteiger partial charge in [-0.25, -0.2) is 14.2 Å². The number of nitrogens with zero attached hydrogens (tertiary/aromatic N) is 5. The second-order valence-electron chi connectivity index (χ2n) is 11.9. The van der Waals surface area contributed by atoms with E-state index in [-0.39, 0.29) is 23.7 Å². The Morgan fingerprint density at radius 1 is 1.17 bits per heavy atom. The predicted molar refractivity (Wildman–Crippen MR) is 168 cm³/mol. The number of anilines is 2. The summed E-state index contributed by atoms with van der Waals surface area (Å²) in [6, 6.07) is 5.78. The summed E-state index contributed by atoms with van der Waals surface area (Å²) < 4.78 is 17.0. The molecule has 8 rings (SSSR count). The third-order valence-corrected chi connectivity index (χ3v) is 11.6. The average Bonchev–Trinajstić information content (AvgIpc) is 3.67. The molecule has 4 aromatic rings. The number of aliphatic hydroxyl groups excluding tert-OH is 1. The van der Waals surface area contributed by atoms with E-state index in [0.29, 0.717) is 56.1 Å². The maximum atomic E-state index is 14.8. The molecular formula is C29H31ClFN7O2S2. The van der Waals surface area contributed by atoms with Gasteiger partial charge < -0.3 is 26.0 Å². The molecule has 0 radical (unpaired) electrons. The summed E-state index contributed by atoms with van der Waals surface area (Å²) in [5, 5.41) is 15.4. The number of piperazine rings is 1. The van der Waals surface area contributed by atoms with E-state index < -0.39 is 0 Å². The molecule has 4 atom stereocenters. The first-order valence-electron chi connectivity index (χ1n) is 14.5. The number of thioether (sulfide) groups is 1. The Balaban J connectivity index is 1.32. The lowest BCUT2D eigenvalue weighted by Gasteiger charge is -2.36. The van der Waals surface area contributed by atoms with E-state index >= 15 is 0 Å². The Labute approximate surface area is 254 Å². The van der Waals surface area contributed by atoms with Crippen molar-refractivity contribution >= 4 is 66.8 Å². The van der Waals surface area contributed by atoms with Gasteiger partial charge in [-0.05, 0) is 43.9 Å². The number of hydrogen-bond acceptors (Lipinski definition) is 10. The monoisotopic (exact) mass is 627 g/mol. The lowest BCUT2D eigenvalue weighted by atomic mass is 10.0. The number of β-amino-alcohol motifs (C(OH)–C–C–N with tert-alkyl or cyclic N) is 1. The van der Waals surface area contributed by atoms with Crippen LogP contribution in [0.25, 0.3) is 32.2 Å². The Bertz CT molecular complexity index is 1790. The first-order chi connectivity index (χ1) is 20.3. The zero-order valence-electron chi connectivity index (χ0n) is 22.9. The molecule has 4 N–H and O–H groups in total. The van der Waals surface area contributed by atoms with Crippen molar-refractivity contribution in [3.8, 4) is 11.1 Å². The molecule has 2 aromatic heterocycles. The Kier molecular flexibility index (Phi) is 6.65. The highest BCUT2D eigenvalue weighted by atomic mass is 35.5. The Hall–Kier alpha value is -2.48. The van der Waals surface area contributed by atoms with Gasteiger partial charge in [-0.3, -0.25) is 4.57 Å². The van der Waals surface area contributed by atoms with Gasteiger partial charge in [0.25, 0.3) is 0 Å². The van der Waals surface area contributed by atoms with E-state index in [0.717, 1.165) is 84.6 Å². The first-order valence-corrected chi connectivity index (χ1v) is 16.7. The van der Waals surface area contributed by atoms with Gasteiger partial charge in [-0.2, -0.15) is 4.98 Å². The standard InChI is InChI=1S/C29H31ClFN7O2S2/c30-20-9-19-24-26(22(20)18-3-4-21(31)25-23(18)34-28(32)42-25)41-13-16(5-7-36-8-6-17(39)12-36)38(24)29(40)35-27(19)37-10-14-1-2-15(11-37)33-14/h3-4,9,14-17,33,39H,1-2,5-8,10-13H2,(H2,32,34)/t14?,15?,16-,17?/m0/s1. The van der Waals surface area contributed by atoms with Crippen LogP contribution in [0.1, 0.15) is 31.7 Å². The molecule has 0 spiro atoms. The van der Waals surface area contributed by atoms with Gasteiger partial charge in [-0.15, -0.1) is 11.8 Å². The molecule has 220 valence electrons. The molecule has 2 bridgehead atoms. The van der Waals surface area contributed by atoms with Crippen LogP contribution in [0.3, 0.4) is 0 Å². The molecular weight excluding hydrogens is 597 g/mol. The van der Waals surface area contributed by atoms with Gasteiger partial charge in [-0.1, -0.05) is 22.9 Å². The lowest BCUT2D eigenvalue weighted by Crippen LogP contribution is -2.52. The number of nitrogens with two attached hydrogens (primary N) is 1. The smallest absolute Gasteiger partial charge is 0.350 e. The SMILES string of the molecule is Nc1nc2c(-c3c(Cl)cc4c(N5CC6CCC(C5)N6)nc(=O)n5c4c3SC[C@@H]5CCN3CCC(O)C3)ccc(F)c2s1.